The number of carbonyl (C=O) groups excluding carboxylic acids is 1. The maximum Gasteiger partial charge on any atom is 0.261 e. The molecule has 0 aliphatic carbocycles. The highest BCUT2D eigenvalue weighted by Gasteiger charge is 2.18. The molecule has 6 nitrogen and oxygen atoms in total. The number of sulfonamides is 1. The van der Waals surface area contributed by atoms with Crippen LogP contribution in [0.1, 0.15) is 21.5 Å². The highest BCUT2D eigenvalue weighted by molar-refractivity contribution is 7.92. The molecule has 0 spiro atoms. The SMILES string of the molecule is Cc1ccc(OCCNC(=O)c2cc(S(=O)(=O)Nc3ccc(F)cc3)ccc2C)cc1. The van der Waals surface area contributed by atoms with Crippen LogP contribution in [0.3, 0.4) is 0 Å². The Morgan fingerprint density at radius 1 is 0.968 bits per heavy atom. The van der Waals surface area contributed by atoms with E-state index in [0.29, 0.717) is 11.3 Å². The molecule has 0 fully saturated rings. The molecule has 0 heterocycles. The number of amides is 1. The number of hydrogen-bond donors (Lipinski definition) is 2. The van der Waals surface area contributed by atoms with Crippen LogP contribution < -0.4 is 14.8 Å². The third-order valence-corrected chi connectivity index (χ3v) is 5.92. The van der Waals surface area contributed by atoms with Crippen molar-refractivity contribution in [2.75, 3.05) is 17.9 Å². The number of nitrogens with one attached hydrogen (secondary N) is 2. The predicted molar refractivity (Wildman–Crippen MR) is 117 cm³/mol. The Bertz CT molecular complexity index is 1160. The molecular formula is C23H23FN2O4S. The minimum absolute atomic E-state index is 0.0662. The quantitative estimate of drug-likeness (QED) is 0.516. The average molecular weight is 443 g/mol. The lowest BCUT2D eigenvalue weighted by Crippen LogP contribution is -2.29. The predicted octanol–water partition coefficient (Wildman–Crippen LogP) is 4.05. The molecule has 0 aliphatic heterocycles. The fourth-order valence-corrected chi connectivity index (χ4v) is 3.89. The van der Waals surface area contributed by atoms with Crippen molar-refractivity contribution in [1.82, 2.24) is 5.32 Å². The van der Waals surface area contributed by atoms with Crippen LogP contribution in [0.4, 0.5) is 10.1 Å². The minimum Gasteiger partial charge on any atom is -0.492 e. The summed E-state index contributed by atoms with van der Waals surface area (Å²) >= 11 is 0. The van der Waals surface area contributed by atoms with Gasteiger partial charge in [-0.05, 0) is 67.9 Å². The zero-order chi connectivity index (χ0) is 22.4. The summed E-state index contributed by atoms with van der Waals surface area (Å²) in [7, 11) is -3.94. The van der Waals surface area contributed by atoms with Crippen molar-refractivity contribution in [3.05, 3.63) is 89.2 Å². The molecule has 0 saturated heterocycles. The van der Waals surface area contributed by atoms with Gasteiger partial charge in [0, 0.05) is 11.3 Å². The van der Waals surface area contributed by atoms with Crippen LogP contribution in [0.5, 0.6) is 5.75 Å². The van der Waals surface area contributed by atoms with Gasteiger partial charge in [-0.3, -0.25) is 9.52 Å². The second kappa shape index (κ2) is 9.61. The first-order valence-corrected chi connectivity index (χ1v) is 11.1. The Labute approximate surface area is 181 Å². The fourth-order valence-electron chi connectivity index (χ4n) is 2.81. The van der Waals surface area contributed by atoms with Crippen molar-refractivity contribution >= 4 is 21.6 Å². The Hall–Kier alpha value is -3.39. The molecular weight excluding hydrogens is 419 g/mol. The van der Waals surface area contributed by atoms with Crippen LogP contribution in [0.15, 0.2) is 71.6 Å². The standard InChI is InChI=1S/C23H23FN2O4S/c1-16-3-10-20(11-4-16)30-14-13-25-23(27)22-15-21(12-5-17(22)2)31(28,29)26-19-8-6-18(24)7-9-19/h3-12,15,26H,13-14H2,1-2H3,(H,25,27). The third-order valence-electron chi connectivity index (χ3n) is 4.54. The Kier molecular flexibility index (Phi) is 6.91. The lowest BCUT2D eigenvalue weighted by Gasteiger charge is -2.12. The first kappa shape index (κ1) is 22.3. The van der Waals surface area contributed by atoms with E-state index < -0.39 is 21.7 Å². The van der Waals surface area contributed by atoms with E-state index in [1.807, 2.05) is 31.2 Å². The summed E-state index contributed by atoms with van der Waals surface area (Å²) in [5, 5.41) is 2.74. The lowest BCUT2D eigenvalue weighted by molar-refractivity contribution is 0.0946. The van der Waals surface area contributed by atoms with Gasteiger partial charge in [0.15, 0.2) is 0 Å². The molecule has 0 aliphatic rings. The van der Waals surface area contributed by atoms with E-state index in [-0.39, 0.29) is 29.3 Å². The Morgan fingerprint density at radius 3 is 2.32 bits per heavy atom. The van der Waals surface area contributed by atoms with E-state index in [4.69, 9.17) is 4.74 Å². The molecule has 3 rings (SSSR count). The Morgan fingerprint density at radius 2 is 1.65 bits per heavy atom. The molecule has 0 unspecified atom stereocenters. The second-order valence-electron chi connectivity index (χ2n) is 7.01. The van der Waals surface area contributed by atoms with Crippen LogP contribution in [0, 0.1) is 19.7 Å². The first-order chi connectivity index (χ1) is 14.7. The van der Waals surface area contributed by atoms with E-state index in [0.717, 1.165) is 17.7 Å². The van der Waals surface area contributed by atoms with Gasteiger partial charge in [-0.1, -0.05) is 23.8 Å². The molecule has 0 saturated carbocycles. The highest BCUT2D eigenvalue weighted by atomic mass is 32.2. The summed E-state index contributed by atoms with van der Waals surface area (Å²) in [6.45, 7) is 4.24. The number of ether oxygens (including phenoxy) is 1. The molecule has 0 radical (unpaired) electrons. The summed E-state index contributed by atoms with van der Waals surface area (Å²) in [4.78, 5) is 12.5. The van der Waals surface area contributed by atoms with Crippen molar-refractivity contribution in [3.63, 3.8) is 0 Å². The molecule has 0 atom stereocenters. The summed E-state index contributed by atoms with van der Waals surface area (Å²) in [6, 6.07) is 16.8. The van der Waals surface area contributed by atoms with E-state index >= 15 is 0 Å². The zero-order valence-electron chi connectivity index (χ0n) is 17.2. The van der Waals surface area contributed by atoms with Gasteiger partial charge >= 0.3 is 0 Å². The molecule has 31 heavy (non-hydrogen) atoms. The number of carbonyl (C=O) groups is 1. The number of hydrogen-bond acceptors (Lipinski definition) is 4. The summed E-state index contributed by atoms with van der Waals surface area (Å²) in [5.41, 5.74) is 2.23. The van der Waals surface area contributed by atoms with Gasteiger partial charge in [-0.25, -0.2) is 12.8 Å². The fraction of sp³-hybridized carbons (Fsp3) is 0.174. The van der Waals surface area contributed by atoms with Gasteiger partial charge < -0.3 is 10.1 Å². The summed E-state index contributed by atoms with van der Waals surface area (Å²) in [5.74, 6) is -0.163. The van der Waals surface area contributed by atoms with E-state index in [1.54, 1.807) is 13.0 Å². The minimum atomic E-state index is -3.94. The molecule has 3 aromatic rings. The second-order valence-corrected chi connectivity index (χ2v) is 8.69. The van der Waals surface area contributed by atoms with Crippen LogP contribution in [0.2, 0.25) is 0 Å². The van der Waals surface area contributed by atoms with E-state index in [2.05, 4.69) is 10.0 Å². The van der Waals surface area contributed by atoms with Gasteiger partial charge in [-0.15, -0.1) is 0 Å². The summed E-state index contributed by atoms with van der Waals surface area (Å²) < 4.78 is 46.3. The number of benzene rings is 3. The van der Waals surface area contributed by atoms with Crippen molar-refractivity contribution in [2.24, 2.45) is 0 Å². The molecule has 3 aromatic carbocycles. The normalized spacial score (nSPS) is 11.1. The monoisotopic (exact) mass is 442 g/mol. The molecule has 0 aromatic heterocycles. The first-order valence-electron chi connectivity index (χ1n) is 9.61. The van der Waals surface area contributed by atoms with Crippen molar-refractivity contribution in [3.8, 4) is 5.75 Å². The molecule has 0 bridgehead atoms. The van der Waals surface area contributed by atoms with Crippen LogP contribution >= 0.6 is 0 Å². The molecule has 1 amide bonds. The summed E-state index contributed by atoms with van der Waals surface area (Å²) in [6.07, 6.45) is 0. The van der Waals surface area contributed by atoms with Gasteiger partial charge in [0.25, 0.3) is 15.9 Å². The zero-order valence-corrected chi connectivity index (χ0v) is 18.0. The van der Waals surface area contributed by atoms with Gasteiger partial charge in [-0.2, -0.15) is 0 Å². The largest absolute Gasteiger partial charge is 0.492 e. The molecule has 2 N–H and O–H groups in total. The van der Waals surface area contributed by atoms with Crippen molar-refractivity contribution in [2.45, 2.75) is 18.7 Å². The van der Waals surface area contributed by atoms with Crippen LogP contribution in [0.25, 0.3) is 0 Å². The van der Waals surface area contributed by atoms with Crippen molar-refractivity contribution < 1.29 is 22.3 Å². The number of rotatable bonds is 8. The van der Waals surface area contributed by atoms with E-state index in [9.17, 15) is 17.6 Å². The molecule has 8 heteroatoms. The van der Waals surface area contributed by atoms with Crippen molar-refractivity contribution in [1.29, 1.82) is 0 Å². The number of halogens is 1. The number of aryl methyl sites for hydroxylation is 2. The third kappa shape index (κ3) is 6.05. The smallest absolute Gasteiger partial charge is 0.261 e. The Balaban J connectivity index is 1.64. The van der Waals surface area contributed by atoms with Crippen LogP contribution in [-0.4, -0.2) is 27.5 Å². The number of anilines is 1. The van der Waals surface area contributed by atoms with Crippen LogP contribution in [-0.2, 0) is 10.0 Å². The van der Waals surface area contributed by atoms with Gasteiger partial charge in [0.1, 0.15) is 18.2 Å². The average Bonchev–Trinajstić information content (AvgIpc) is 2.74. The highest BCUT2D eigenvalue weighted by Crippen LogP contribution is 2.20. The lowest BCUT2D eigenvalue weighted by atomic mass is 10.1. The van der Waals surface area contributed by atoms with E-state index in [1.165, 1.54) is 24.3 Å². The maximum atomic E-state index is 13.0. The van der Waals surface area contributed by atoms with Gasteiger partial charge in [0.2, 0.25) is 0 Å². The maximum absolute atomic E-state index is 13.0. The topological polar surface area (TPSA) is 84.5 Å². The van der Waals surface area contributed by atoms with Gasteiger partial charge in [0.05, 0.1) is 11.4 Å². The molecule has 162 valence electrons.